The van der Waals surface area contributed by atoms with Crippen molar-refractivity contribution in [2.45, 2.75) is 5.54 Å². The summed E-state index contributed by atoms with van der Waals surface area (Å²) in [7, 11) is -2.87. The van der Waals surface area contributed by atoms with Crippen LogP contribution in [0.25, 0.3) is 0 Å². The van der Waals surface area contributed by atoms with Gasteiger partial charge in [-0.15, -0.1) is 0 Å². The second kappa shape index (κ2) is 1.97. The molecule has 0 aromatic carbocycles. The number of hydrogen-bond acceptors (Lipinski definition) is 4. The summed E-state index contributed by atoms with van der Waals surface area (Å²) in [6, 6.07) is 0. The van der Waals surface area contributed by atoms with Crippen molar-refractivity contribution in [3.8, 4) is 0 Å². The zero-order valence-corrected chi connectivity index (χ0v) is 6.93. The first-order chi connectivity index (χ1) is 5.02. The maximum Gasteiger partial charge on any atom is 0.152 e. The van der Waals surface area contributed by atoms with Gasteiger partial charge in [0.25, 0.3) is 0 Å². The highest BCUT2D eigenvalue weighted by atomic mass is 32.2. The lowest BCUT2D eigenvalue weighted by Gasteiger charge is -2.17. The Hall–Kier alpha value is -0.130. The lowest BCUT2D eigenvalue weighted by molar-refractivity contribution is 0.178. The van der Waals surface area contributed by atoms with E-state index in [9.17, 15) is 8.42 Å². The van der Waals surface area contributed by atoms with Gasteiger partial charge in [-0.3, -0.25) is 0 Å². The third kappa shape index (κ3) is 1.07. The molecule has 2 aliphatic heterocycles. The number of hydrogen-bond donors (Lipinski definition) is 1. The number of nitrogens with two attached hydrogens (primary N) is 1. The molecule has 4 nitrogen and oxygen atoms in total. The van der Waals surface area contributed by atoms with E-state index in [1.807, 2.05) is 0 Å². The van der Waals surface area contributed by atoms with E-state index in [0.29, 0.717) is 13.2 Å². The molecule has 0 aromatic rings. The average molecular weight is 177 g/mol. The normalized spacial score (nSPS) is 47.5. The van der Waals surface area contributed by atoms with Crippen molar-refractivity contribution in [1.29, 1.82) is 0 Å². The van der Waals surface area contributed by atoms with Crippen molar-refractivity contribution in [2.75, 3.05) is 24.7 Å². The molecule has 0 spiro atoms. The van der Waals surface area contributed by atoms with Crippen LogP contribution >= 0.6 is 0 Å². The first-order valence-electron chi connectivity index (χ1n) is 3.59. The van der Waals surface area contributed by atoms with Gasteiger partial charge in [0, 0.05) is 5.92 Å². The molecular formula is C6H11NO3S. The van der Waals surface area contributed by atoms with Crippen molar-refractivity contribution in [2.24, 2.45) is 11.7 Å². The van der Waals surface area contributed by atoms with E-state index in [1.54, 1.807) is 0 Å². The molecule has 2 rings (SSSR count). The van der Waals surface area contributed by atoms with Gasteiger partial charge in [-0.05, 0) is 0 Å². The summed E-state index contributed by atoms with van der Waals surface area (Å²) in [6.45, 7) is 0.909. The highest BCUT2D eigenvalue weighted by Gasteiger charge is 2.51. The smallest absolute Gasteiger partial charge is 0.152 e. The van der Waals surface area contributed by atoms with Crippen LogP contribution in [0.2, 0.25) is 0 Å². The summed E-state index contributed by atoms with van der Waals surface area (Å²) in [6.07, 6.45) is 0. The molecule has 2 aliphatic rings. The fourth-order valence-corrected chi connectivity index (χ4v) is 4.12. The Balaban J connectivity index is 2.33. The second-order valence-electron chi connectivity index (χ2n) is 3.50. The van der Waals surface area contributed by atoms with Crippen LogP contribution in [0, 0.1) is 5.92 Å². The van der Waals surface area contributed by atoms with E-state index < -0.39 is 15.4 Å². The molecule has 2 heterocycles. The van der Waals surface area contributed by atoms with E-state index in [4.69, 9.17) is 10.5 Å². The molecule has 11 heavy (non-hydrogen) atoms. The Labute approximate surface area is 65.6 Å². The summed E-state index contributed by atoms with van der Waals surface area (Å²) < 4.78 is 27.3. The van der Waals surface area contributed by atoms with E-state index in [-0.39, 0.29) is 17.4 Å². The minimum Gasteiger partial charge on any atom is -0.379 e. The van der Waals surface area contributed by atoms with Crippen LogP contribution in [0.15, 0.2) is 0 Å². The lowest BCUT2D eigenvalue weighted by atomic mass is 9.92. The lowest BCUT2D eigenvalue weighted by Crippen LogP contribution is -2.46. The van der Waals surface area contributed by atoms with Gasteiger partial charge < -0.3 is 10.5 Å². The maximum atomic E-state index is 11.1. The molecule has 0 saturated carbocycles. The molecule has 0 aliphatic carbocycles. The fraction of sp³-hybridized carbons (Fsp3) is 1.00. The van der Waals surface area contributed by atoms with E-state index in [1.165, 1.54) is 0 Å². The monoisotopic (exact) mass is 177 g/mol. The molecule has 0 radical (unpaired) electrons. The molecule has 2 atom stereocenters. The van der Waals surface area contributed by atoms with Crippen molar-refractivity contribution >= 4 is 9.84 Å². The van der Waals surface area contributed by atoms with E-state index in [2.05, 4.69) is 0 Å². The molecule has 2 saturated heterocycles. The van der Waals surface area contributed by atoms with Gasteiger partial charge in [0.05, 0.1) is 30.3 Å². The standard InChI is InChI=1S/C6H11NO3S/c7-6-3-10-1-5(6)2-11(8,9)4-6/h5H,1-4,7H2. The van der Waals surface area contributed by atoms with Crippen molar-refractivity contribution < 1.29 is 13.2 Å². The van der Waals surface area contributed by atoms with E-state index in [0.717, 1.165) is 0 Å². The molecule has 2 N–H and O–H groups in total. The van der Waals surface area contributed by atoms with Crippen LogP contribution in [-0.4, -0.2) is 38.7 Å². The third-order valence-corrected chi connectivity index (χ3v) is 4.33. The number of rotatable bonds is 0. The minimum atomic E-state index is -2.87. The molecule has 0 bridgehead atoms. The predicted octanol–water partition coefficient (Wildman–Crippen LogP) is -1.24. The summed E-state index contributed by atoms with van der Waals surface area (Å²) in [5, 5.41) is 0. The Bertz CT molecular complexity index is 274. The van der Waals surface area contributed by atoms with Crippen LogP contribution in [0.5, 0.6) is 0 Å². The molecule has 0 amide bonds. The van der Waals surface area contributed by atoms with Crippen molar-refractivity contribution in [1.82, 2.24) is 0 Å². The van der Waals surface area contributed by atoms with Gasteiger partial charge in [0.2, 0.25) is 0 Å². The fourth-order valence-electron chi connectivity index (χ4n) is 1.82. The molecule has 5 heteroatoms. The highest BCUT2D eigenvalue weighted by molar-refractivity contribution is 7.91. The minimum absolute atomic E-state index is 0.0347. The van der Waals surface area contributed by atoms with Crippen LogP contribution in [0.1, 0.15) is 0 Å². The van der Waals surface area contributed by atoms with Gasteiger partial charge in [0.1, 0.15) is 0 Å². The summed E-state index contributed by atoms with van der Waals surface area (Å²) >= 11 is 0. The van der Waals surface area contributed by atoms with Gasteiger partial charge in [-0.25, -0.2) is 8.42 Å². The largest absolute Gasteiger partial charge is 0.379 e. The van der Waals surface area contributed by atoms with Crippen molar-refractivity contribution in [3.63, 3.8) is 0 Å². The zero-order chi connectivity index (χ0) is 8.11. The molecule has 2 fully saturated rings. The molecule has 2 unspecified atom stereocenters. The number of fused-ring (bicyclic) bond motifs is 1. The van der Waals surface area contributed by atoms with Crippen LogP contribution in [0.3, 0.4) is 0 Å². The number of ether oxygens (including phenoxy) is 1. The SMILES string of the molecule is NC12COCC1CS(=O)(=O)C2. The van der Waals surface area contributed by atoms with Crippen LogP contribution < -0.4 is 5.73 Å². The third-order valence-electron chi connectivity index (χ3n) is 2.45. The van der Waals surface area contributed by atoms with Crippen LogP contribution in [-0.2, 0) is 14.6 Å². The molecule has 0 aromatic heterocycles. The Morgan fingerprint density at radius 2 is 2.27 bits per heavy atom. The summed E-state index contributed by atoms with van der Waals surface area (Å²) in [4.78, 5) is 0. The predicted molar refractivity (Wildman–Crippen MR) is 39.9 cm³/mol. The Kier molecular flexibility index (Phi) is 1.34. The van der Waals surface area contributed by atoms with E-state index >= 15 is 0 Å². The van der Waals surface area contributed by atoms with Gasteiger partial charge in [-0.1, -0.05) is 0 Å². The van der Waals surface area contributed by atoms with Gasteiger partial charge in [0.15, 0.2) is 9.84 Å². The molecular weight excluding hydrogens is 166 g/mol. The molecule has 64 valence electrons. The average Bonchev–Trinajstić information content (AvgIpc) is 2.16. The van der Waals surface area contributed by atoms with Gasteiger partial charge >= 0.3 is 0 Å². The van der Waals surface area contributed by atoms with Gasteiger partial charge in [-0.2, -0.15) is 0 Å². The first-order valence-corrected chi connectivity index (χ1v) is 5.41. The Morgan fingerprint density at radius 1 is 1.55 bits per heavy atom. The quantitative estimate of drug-likeness (QED) is 0.502. The first kappa shape index (κ1) is 7.52. The summed E-state index contributed by atoms with van der Waals surface area (Å²) in [5.74, 6) is 0.348. The van der Waals surface area contributed by atoms with Crippen molar-refractivity contribution in [3.05, 3.63) is 0 Å². The topological polar surface area (TPSA) is 69.4 Å². The second-order valence-corrected chi connectivity index (χ2v) is 5.61. The maximum absolute atomic E-state index is 11.1. The highest BCUT2D eigenvalue weighted by Crippen LogP contribution is 2.32. The zero-order valence-electron chi connectivity index (χ0n) is 6.12. The van der Waals surface area contributed by atoms with Crippen LogP contribution in [0.4, 0.5) is 0 Å². The Morgan fingerprint density at radius 3 is 2.91 bits per heavy atom. The summed E-state index contributed by atoms with van der Waals surface area (Å²) in [5.41, 5.74) is 5.27. The number of sulfone groups is 1.